The van der Waals surface area contributed by atoms with Gasteiger partial charge in [0.1, 0.15) is 0 Å². The van der Waals surface area contributed by atoms with Gasteiger partial charge in [0.2, 0.25) is 5.91 Å². The molecule has 0 aliphatic carbocycles. The Bertz CT molecular complexity index is 392. The number of anilines is 2. The quantitative estimate of drug-likeness (QED) is 0.895. The molecule has 0 radical (unpaired) electrons. The van der Waals surface area contributed by atoms with E-state index in [0.29, 0.717) is 6.54 Å². The fourth-order valence-corrected chi connectivity index (χ4v) is 2.16. The summed E-state index contributed by atoms with van der Waals surface area (Å²) >= 11 is 3.40. The van der Waals surface area contributed by atoms with E-state index < -0.39 is 0 Å². The fourth-order valence-electron chi connectivity index (χ4n) is 1.80. The zero-order valence-corrected chi connectivity index (χ0v) is 10.2. The minimum atomic E-state index is 0.0639. The summed E-state index contributed by atoms with van der Waals surface area (Å²) in [6, 6.07) is 5.97. The molecular formula is C11H13BrN2O. The van der Waals surface area contributed by atoms with Crippen LogP contribution in [0, 0.1) is 0 Å². The summed E-state index contributed by atoms with van der Waals surface area (Å²) in [5.41, 5.74) is 2.01. The van der Waals surface area contributed by atoms with Gasteiger partial charge in [0, 0.05) is 11.0 Å². The number of benzene rings is 1. The lowest BCUT2D eigenvalue weighted by molar-refractivity contribution is -0.115. The monoisotopic (exact) mass is 268 g/mol. The van der Waals surface area contributed by atoms with Crippen molar-refractivity contribution in [2.45, 2.75) is 13.3 Å². The van der Waals surface area contributed by atoms with Crippen LogP contribution in [0.3, 0.4) is 0 Å². The van der Waals surface area contributed by atoms with Crippen molar-refractivity contribution in [2.24, 2.45) is 0 Å². The summed E-state index contributed by atoms with van der Waals surface area (Å²) in [6.45, 7) is 3.50. The molecule has 1 aliphatic rings. The molecule has 0 atom stereocenters. The van der Waals surface area contributed by atoms with Gasteiger partial charge in [-0.2, -0.15) is 0 Å². The molecule has 1 heterocycles. The van der Waals surface area contributed by atoms with Crippen LogP contribution in [0.2, 0.25) is 0 Å². The van der Waals surface area contributed by atoms with Crippen molar-refractivity contribution in [1.82, 2.24) is 0 Å². The number of nitrogens with zero attached hydrogens (tertiary/aromatic N) is 1. The van der Waals surface area contributed by atoms with Crippen LogP contribution in [0.25, 0.3) is 0 Å². The summed E-state index contributed by atoms with van der Waals surface area (Å²) < 4.78 is 0.986. The maximum atomic E-state index is 11.5. The van der Waals surface area contributed by atoms with E-state index in [4.69, 9.17) is 0 Å². The molecule has 0 saturated heterocycles. The predicted octanol–water partition coefficient (Wildman–Crippen LogP) is 2.62. The molecule has 2 rings (SSSR count). The Hall–Kier alpha value is -1.03. The third-order valence-electron chi connectivity index (χ3n) is 2.40. The van der Waals surface area contributed by atoms with Gasteiger partial charge in [-0.15, -0.1) is 0 Å². The lowest BCUT2D eigenvalue weighted by Crippen LogP contribution is -2.38. The van der Waals surface area contributed by atoms with E-state index in [-0.39, 0.29) is 5.91 Å². The fraction of sp³-hybridized carbons (Fsp3) is 0.364. The molecule has 0 spiro atoms. The molecule has 0 saturated carbocycles. The van der Waals surface area contributed by atoms with Crippen LogP contribution in [0.5, 0.6) is 0 Å². The number of hydrogen-bond acceptors (Lipinski definition) is 2. The molecule has 0 fully saturated rings. The standard InChI is InChI=1S/C11H13BrN2O/c1-2-5-14-7-11(15)13-9-6-8(12)3-4-10(9)14/h3-4,6H,2,5,7H2,1H3,(H,13,15). The zero-order valence-electron chi connectivity index (χ0n) is 8.59. The largest absolute Gasteiger partial charge is 0.361 e. The van der Waals surface area contributed by atoms with Gasteiger partial charge in [-0.05, 0) is 24.6 Å². The van der Waals surface area contributed by atoms with E-state index >= 15 is 0 Å². The van der Waals surface area contributed by atoms with Gasteiger partial charge < -0.3 is 10.2 Å². The smallest absolute Gasteiger partial charge is 0.243 e. The van der Waals surface area contributed by atoms with Crippen LogP contribution in [0.4, 0.5) is 11.4 Å². The average molecular weight is 269 g/mol. The van der Waals surface area contributed by atoms with Gasteiger partial charge in [0.15, 0.2) is 0 Å². The summed E-state index contributed by atoms with van der Waals surface area (Å²) in [5.74, 6) is 0.0639. The van der Waals surface area contributed by atoms with Crippen molar-refractivity contribution < 1.29 is 4.79 Å². The Labute approximate surface area is 97.6 Å². The minimum absolute atomic E-state index is 0.0639. The number of nitrogens with one attached hydrogen (secondary N) is 1. The van der Waals surface area contributed by atoms with Crippen molar-refractivity contribution >= 4 is 33.2 Å². The van der Waals surface area contributed by atoms with Gasteiger partial charge in [0.05, 0.1) is 17.9 Å². The van der Waals surface area contributed by atoms with Crippen LogP contribution >= 0.6 is 15.9 Å². The van der Waals surface area contributed by atoms with Crippen molar-refractivity contribution in [3.63, 3.8) is 0 Å². The molecule has 0 bridgehead atoms. The third kappa shape index (κ3) is 2.15. The summed E-state index contributed by atoms with van der Waals surface area (Å²) in [6.07, 6.45) is 1.04. The number of amides is 1. The maximum absolute atomic E-state index is 11.5. The SMILES string of the molecule is CCCN1CC(=O)Nc2cc(Br)ccc21. The number of rotatable bonds is 2. The van der Waals surface area contributed by atoms with E-state index in [9.17, 15) is 4.79 Å². The second-order valence-corrected chi connectivity index (χ2v) is 4.55. The molecule has 1 amide bonds. The van der Waals surface area contributed by atoms with Gasteiger partial charge in [0.25, 0.3) is 0 Å². The van der Waals surface area contributed by atoms with Gasteiger partial charge in [-0.1, -0.05) is 22.9 Å². The molecule has 4 heteroatoms. The van der Waals surface area contributed by atoms with Crippen LogP contribution < -0.4 is 10.2 Å². The molecule has 0 unspecified atom stereocenters. The lowest BCUT2D eigenvalue weighted by atomic mass is 10.2. The van der Waals surface area contributed by atoms with Crippen molar-refractivity contribution in [3.8, 4) is 0 Å². The Morgan fingerprint density at radius 3 is 3.07 bits per heavy atom. The Morgan fingerprint density at radius 2 is 2.33 bits per heavy atom. The van der Waals surface area contributed by atoms with E-state index in [0.717, 1.165) is 28.8 Å². The van der Waals surface area contributed by atoms with E-state index in [1.807, 2.05) is 18.2 Å². The molecule has 1 aromatic rings. The molecule has 15 heavy (non-hydrogen) atoms. The van der Waals surface area contributed by atoms with Crippen LogP contribution in [-0.4, -0.2) is 19.0 Å². The second-order valence-electron chi connectivity index (χ2n) is 3.63. The van der Waals surface area contributed by atoms with Gasteiger partial charge >= 0.3 is 0 Å². The lowest BCUT2D eigenvalue weighted by Gasteiger charge is -2.30. The highest BCUT2D eigenvalue weighted by Gasteiger charge is 2.20. The van der Waals surface area contributed by atoms with Gasteiger partial charge in [-0.25, -0.2) is 0 Å². The van der Waals surface area contributed by atoms with Gasteiger partial charge in [-0.3, -0.25) is 4.79 Å². The molecule has 1 aliphatic heterocycles. The van der Waals surface area contributed by atoms with Crippen molar-refractivity contribution in [1.29, 1.82) is 0 Å². The highest BCUT2D eigenvalue weighted by Crippen LogP contribution is 2.31. The van der Waals surface area contributed by atoms with Crippen molar-refractivity contribution in [2.75, 3.05) is 23.3 Å². The number of carbonyl (C=O) groups is 1. The van der Waals surface area contributed by atoms with Crippen LogP contribution in [0.15, 0.2) is 22.7 Å². The molecule has 0 aromatic heterocycles. The topological polar surface area (TPSA) is 32.3 Å². The first kappa shape index (κ1) is 10.5. The normalized spacial score (nSPS) is 14.8. The van der Waals surface area contributed by atoms with Crippen molar-refractivity contribution in [3.05, 3.63) is 22.7 Å². The summed E-state index contributed by atoms with van der Waals surface area (Å²) in [5, 5.41) is 2.88. The average Bonchev–Trinajstić information content (AvgIpc) is 2.17. The number of hydrogen-bond donors (Lipinski definition) is 1. The molecular weight excluding hydrogens is 256 g/mol. The highest BCUT2D eigenvalue weighted by atomic mass is 79.9. The Kier molecular flexibility index (Phi) is 2.95. The third-order valence-corrected chi connectivity index (χ3v) is 2.89. The van der Waals surface area contributed by atoms with Crippen LogP contribution in [0.1, 0.15) is 13.3 Å². The minimum Gasteiger partial charge on any atom is -0.361 e. The number of halogens is 1. The number of carbonyl (C=O) groups excluding carboxylic acids is 1. The van der Waals surface area contributed by atoms with E-state index in [2.05, 4.69) is 33.1 Å². The Balaban J connectivity index is 2.37. The van der Waals surface area contributed by atoms with E-state index in [1.165, 1.54) is 0 Å². The predicted molar refractivity (Wildman–Crippen MR) is 65.3 cm³/mol. The molecule has 1 aromatic carbocycles. The first-order chi connectivity index (χ1) is 7.20. The highest BCUT2D eigenvalue weighted by molar-refractivity contribution is 9.10. The maximum Gasteiger partial charge on any atom is 0.243 e. The van der Waals surface area contributed by atoms with Crippen LogP contribution in [-0.2, 0) is 4.79 Å². The summed E-state index contributed by atoms with van der Waals surface area (Å²) in [7, 11) is 0. The zero-order chi connectivity index (χ0) is 10.8. The molecule has 3 nitrogen and oxygen atoms in total. The first-order valence-electron chi connectivity index (χ1n) is 5.05. The number of fused-ring (bicyclic) bond motifs is 1. The van der Waals surface area contributed by atoms with E-state index in [1.54, 1.807) is 0 Å². The molecule has 1 N–H and O–H groups in total. The summed E-state index contributed by atoms with van der Waals surface area (Å²) in [4.78, 5) is 13.6. The first-order valence-corrected chi connectivity index (χ1v) is 5.84. The Morgan fingerprint density at radius 1 is 1.53 bits per heavy atom. The molecule has 80 valence electrons. The second kappa shape index (κ2) is 4.23.